The van der Waals surface area contributed by atoms with E-state index in [4.69, 9.17) is 0 Å². The maximum atomic E-state index is 14.6. The van der Waals surface area contributed by atoms with Gasteiger partial charge in [0.1, 0.15) is 17.0 Å². The second kappa shape index (κ2) is 8.30. The van der Waals surface area contributed by atoms with Crippen LogP contribution in [0.4, 0.5) is 15.9 Å². The number of hydrogen-bond donors (Lipinski definition) is 2. The summed E-state index contributed by atoms with van der Waals surface area (Å²) in [5.74, 6) is -0.598. The number of H-pyrrole nitrogens is 1. The third-order valence-corrected chi connectivity index (χ3v) is 8.67. The van der Waals surface area contributed by atoms with Crippen molar-refractivity contribution in [1.29, 1.82) is 0 Å². The van der Waals surface area contributed by atoms with Crippen LogP contribution in [0.2, 0.25) is 0 Å². The summed E-state index contributed by atoms with van der Waals surface area (Å²) in [7, 11) is -2.13. The van der Waals surface area contributed by atoms with Crippen molar-refractivity contribution in [2.45, 2.75) is 36.8 Å². The molecular weight excluding hydrogens is 487 g/mol. The van der Waals surface area contributed by atoms with Crippen molar-refractivity contribution < 1.29 is 12.8 Å². The molecule has 4 aromatic rings. The molecule has 186 valence electrons. The van der Waals surface area contributed by atoms with E-state index in [1.54, 1.807) is 13.0 Å². The van der Waals surface area contributed by atoms with Gasteiger partial charge in [-0.25, -0.2) is 17.6 Å². The molecule has 0 spiro atoms. The number of hydrogen-bond acceptors (Lipinski definition) is 6. The molecule has 0 radical (unpaired) electrons. The quantitative estimate of drug-likeness (QED) is 0.426. The number of benzene rings is 2. The van der Waals surface area contributed by atoms with Gasteiger partial charge in [0.2, 0.25) is 0 Å². The van der Waals surface area contributed by atoms with Crippen molar-refractivity contribution in [3.63, 3.8) is 0 Å². The smallest absolute Gasteiger partial charge is 0.333 e. The minimum absolute atomic E-state index is 0.00263. The number of halogens is 1. The number of pyridine rings is 1. The molecule has 11 heteroatoms. The number of aryl methyl sites for hydroxylation is 2. The normalized spacial score (nSPS) is 13.8. The first-order valence-corrected chi connectivity index (χ1v) is 12.8. The number of nitrogens with zero attached hydrogens (tertiary/aromatic N) is 2. The molecule has 5 rings (SSSR count). The minimum Gasteiger partial charge on any atom is -0.338 e. The molecule has 0 atom stereocenters. The fourth-order valence-electron chi connectivity index (χ4n) is 4.35. The number of nitrogens with one attached hydrogen (secondary N) is 2. The van der Waals surface area contributed by atoms with E-state index in [0.29, 0.717) is 18.4 Å². The summed E-state index contributed by atoms with van der Waals surface area (Å²) in [5.41, 5.74) is -1.13. The first-order chi connectivity index (χ1) is 17.0. The van der Waals surface area contributed by atoms with E-state index in [9.17, 15) is 27.2 Å². The van der Waals surface area contributed by atoms with Crippen molar-refractivity contribution in [3.05, 3.63) is 90.6 Å². The van der Waals surface area contributed by atoms with Gasteiger partial charge in [-0.1, -0.05) is 12.1 Å². The summed E-state index contributed by atoms with van der Waals surface area (Å²) in [5, 5.41) is 2.33. The summed E-state index contributed by atoms with van der Waals surface area (Å²) in [6, 6.07) is 10.3. The molecule has 1 saturated carbocycles. The molecule has 36 heavy (non-hydrogen) atoms. The lowest BCUT2D eigenvalue weighted by atomic mass is 10.1. The van der Waals surface area contributed by atoms with Crippen LogP contribution in [0.1, 0.15) is 24.0 Å². The Kier molecular flexibility index (Phi) is 5.47. The Hall–Kier alpha value is -3.99. The molecule has 2 aromatic carbocycles. The summed E-state index contributed by atoms with van der Waals surface area (Å²) in [4.78, 5) is 41.6. The number of rotatable bonds is 5. The van der Waals surface area contributed by atoms with E-state index in [1.807, 2.05) is 0 Å². The highest BCUT2D eigenvalue weighted by Gasteiger charge is 2.37. The number of aromatic amines is 1. The van der Waals surface area contributed by atoms with Crippen molar-refractivity contribution in [2.24, 2.45) is 7.05 Å². The molecule has 9 nitrogen and oxygen atoms in total. The Balaban J connectivity index is 1.83. The zero-order valence-electron chi connectivity index (χ0n) is 19.8. The zero-order valence-corrected chi connectivity index (χ0v) is 20.6. The van der Waals surface area contributed by atoms with Crippen LogP contribution in [0, 0.1) is 19.7 Å². The Labute approximate surface area is 204 Å². The Bertz CT molecular complexity index is 1850. The average molecular weight is 511 g/mol. The van der Waals surface area contributed by atoms with Gasteiger partial charge in [0.05, 0.1) is 27.0 Å². The van der Waals surface area contributed by atoms with Gasteiger partial charge in [-0.2, -0.15) is 0 Å². The molecule has 2 N–H and O–H groups in total. The van der Waals surface area contributed by atoms with Crippen LogP contribution in [-0.4, -0.2) is 27.8 Å². The van der Waals surface area contributed by atoms with Crippen LogP contribution >= 0.6 is 0 Å². The molecule has 1 aliphatic rings. The zero-order chi connectivity index (χ0) is 25.9. The van der Waals surface area contributed by atoms with Gasteiger partial charge >= 0.3 is 5.69 Å². The van der Waals surface area contributed by atoms with E-state index < -0.39 is 37.7 Å². The van der Waals surface area contributed by atoms with Crippen molar-refractivity contribution >= 4 is 32.2 Å². The first-order valence-electron chi connectivity index (χ1n) is 11.3. The Morgan fingerprint density at radius 1 is 1.06 bits per heavy atom. The summed E-state index contributed by atoms with van der Waals surface area (Å²) in [6.45, 7) is 3.20. The third kappa shape index (κ3) is 3.76. The maximum Gasteiger partial charge on any atom is 0.333 e. The molecule has 1 aliphatic carbocycles. The van der Waals surface area contributed by atoms with Gasteiger partial charge in [0, 0.05) is 12.6 Å². The number of anilines is 2. The molecule has 0 aliphatic heterocycles. The van der Waals surface area contributed by atoms with E-state index in [0.717, 1.165) is 4.57 Å². The highest BCUT2D eigenvalue weighted by Crippen LogP contribution is 2.34. The van der Waals surface area contributed by atoms with Gasteiger partial charge in [-0.3, -0.25) is 23.7 Å². The predicted molar refractivity (Wildman–Crippen MR) is 135 cm³/mol. The number of aromatic nitrogens is 3. The molecular formula is C25H23FN4O5S. The van der Waals surface area contributed by atoms with E-state index in [1.165, 1.54) is 54.9 Å². The van der Waals surface area contributed by atoms with Gasteiger partial charge in [-0.15, -0.1) is 0 Å². The lowest BCUT2D eigenvalue weighted by molar-refractivity contribution is 0.594. The monoisotopic (exact) mass is 510 g/mol. The Morgan fingerprint density at radius 3 is 2.44 bits per heavy atom. The predicted octanol–water partition coefficient (Wildman–Crippen LogP) is 2.81. The largest absolute Gasteiger partial charge is 0.338 e. The van der Waals surface area contributed by atoms with Gasteiger partial charge in [-0.05, 0) is 62.6 Å². The number of sulfone groups is 1. The fourth-order valence-corrected chi connectivity index (χ4v) is 6.04. The molecule has 0 bridgehead atoms. The molecule has 2 heterocycles. The lowest BCUT2D eigenvalue weighted by Crippen LogP contribution is -2.34. The van der Waals surface area contributed by atoms with Crippen molar-refractivity contribution in [3.8, 4) is 5.69 Å². The number of fused-ring (bicyclic) bond motifs is 1. The van der Waals surface area contributed by atoms with Crippen molar-refractivity contribution in [1.82, 2.24) is 14.1 Å². The van der Waals surface area contributed by atoms with Crippen LogP contribution in [0.25, 0.3) is 16.6 Å². The summed E-state index contributed by atoms with van der Waals surface area (Å²) < 4.78 is 42.5. The fraction of sp³-hybridized carbons (Fsp3) is 0.240. The highest BCUT2D eigenvalue weighted by molar-refractivity contribution is 7.92. The third-order valence-electron chi connectivity index (χ3n) is 6.41. The van der Waals surface area contributed by atoms with Crippen LogP contribution in [-0.2, 0) is 16.9 Å². The van der Waals surface area contributed by atoms with Gasteiger partial charge < -0.3 is 5.32 Å². The summed E-state index contributed by atoms with van der Waals surface area (Å²) in [6.07, 6.45) is 1.15. The topological polar surface area (TPSA) is 123 Å². The second-order valence-corrected chi connectivity index (χ2v) is 11.2. The lowest BCUT2D eigenvalue weighted by Gasteiger charge is -2.19. The van der Waals surface area contributed by atoms with Crippen LogP contribution < -0.4 is 22.1 Å². The van der Waals surface area contributed by atoms with Gasteiger partial charge in [0.15, 0.2) is 9.84 Å². The van der Waals surface area contributed by atoms with Crippen molar-refractivity contribution in [2.75, 3.05) is 5.32 Å². The van der Waals surface area contributed by atoms with Crippen LogP contribution in [0.5, 0.6) is 0 Å². The standard InChI is InChI=1S/C25H23FN4O5S/c1-13-7-10-19(18(26)11-13)27-22-20-21(14(2)24(32)29(22)3)30(25(33)28-23(20)31)15-5-4-6-17(12-15)36(34,35)16-8-9-16/h4-7,10-12,16,27H,8-9H2,1-3H3,(H,28,31,33). The second-order valence-electron chi connectivity index (χ2n) is 9.01. The summed E-state index contributed by atoms with van der Waals surface area (Å²) >= 11 is 0. The maximum absolute atomic E-state index is 14.6. The van der Waals surface area contributed by atoms with Gasteiger partial charge in [0.25, 0.3) is 11.1 Å². The van der Waals surface area contributed by atoms with E-state index >= 15 is 0 Å². The van der Waals surface area contributed by atoms with E-state index in [-0.39, 0.29) is 38.6 Å². The molecule has 1 fully saturated rings. The average Bonchev–Trinajstić information content (AvgIpc) is 3.68. The van der Waals surface area contributed by atoms with E-state index in [2.05, 4.69) is 10.3 Å². The molecule has 2 aromatic heterocycles. The molecule has 0 unspecified atom stereocenters. The van der Waals surface area contributed by atoms with Crippen LogP contribution in [0.15, 0.2) is 61.7 Å². The van der Waals surface area contributed by atoms with Crippen LogP contribution in [0.3, 0.4) is 0 Å². The SMILES string of the molecule is Cc1ccc(Nc2c3c(=O)[nH]c(=O)n(-c4cccc(S(=O)(=O)C5CC5)c4)c3c(C)c(=O)n2C)c(F)c1. The first kappa shape index (κ1) is 23.7. The molecule has 0 amide bonds. The highest BCUT2D eigenvalue weighted by atomic mass is 32.2. The molecule has 0 saturated heterocycles. The Morgan fingerprint density at radius 2 is 1.78 bits per heavy atom. The minimum atomic E-state index is -3.56.